The summed E-state index contributed by atoms with van der Waals surface area (Å²) < 4.78 is 20.8. The lowest BCUT2D eigenvalue weighted by Gasteiger charge is -2.40. The fourth-order valence-electron chi connectivity index (χ4n) is 5.01. The number of piperidine rings is 2. The average Bonchev–Trinajstić information content (AvgIpc) is 3.09. The molecule has 12 heteroatoms. The van der Waals surface area contributed by atoms with E-state index < -0.39 is 28.7 Å². The highest BCUT2D eigenvalue weighted by Crippen LogP contribution is 2.31. The van der Waals surface area contributed by atoms with Gasteiger partial charge in [-0.2, -0.15) is 0 Å². The Hall–Kier alpha value is -4.45. The van der Waals surface area contributed by atoms with Crippen LogP contribution in [0.3, 0.4) is 0 Å². The number of ketones is 1. The molecule has 2 saturated heterocycles. The highest BCUT2D eigenvalue weighted by atomic mass is 16.6. The molecule has 0 bridgehead atoms. The first-order chi connectivity index (χ1) is 24.3. The van der Waals surface area contributed by atoms with E-state index in [-0.39, 0.29) is 30.5 Å². The van der Waals surface area contributed by atoms with E-state index in [2.05, 4.69) is 0 Å². The third-order valence-corrected chi connectivity index (χ3v) is 8.17. The summed E-state index contributed by atoms with van der Waals surface area (Å²) in [6.07, 6.45) is 1.27. The number of carbonyl (C=O) groups is 5. The predicted octanol–water partition coefficient (Wildman–Crippen LogP) is 6.85. The molecule has 12 nitrogen and oxygen atoms in total. The van der Waals surface area contributed by atoms with Crippen LogP contribution in [0, 0.1) is 5.92 Å². The van der Waals surface area contributed by atoms with Crippen molar-refractivity contribution < 1.29 is 48.0 Å². The number of aliphatic hydroxyl groups is 1. The summed E-state index contributed by atoms with van der Waals surface area (Å²) in [5.74, 6) is -1.02. The van der Waals surface area contributed by atoms with Crippen LogP contribution in [-0.4, -0.2) is 87.8 Å². The molecule has 2 heterocycles. The average molecular weight is 727 g/mol. The van der Waals surface area contributed by atoms with Crippen molar-refractivity contribution in [3.63, 3.8) is 0 Å². The molecule has 1 N–H and O–H groups in total. The quantitative estimate of drug-likeness (QED) is 0.237. The molecule has 2 fully saturated rings. The van der Waals surface area contributed by atoms with E-state index in [1.165, 1.54) is 0 Å². The van der Waals surface area contributed by atoms with Gasteiger partial charge >= 0.3 is 24.1 Å². The summed E-state index contributed by atoms with van der Waals surface area (Å²) in [5.41, 5.74) is -0.261. The van der Waals surface area contributed by atoms with E-state index in [4.69, 9.17) is 18.9 Å². The van der Waals surface area contributed by atoms with E-state index in [1.807, 2.05) is 102 Å². The minimum Gasteiger partial charge on any atom is -0.461 e. The van der Waals surface area contributed by atoms with Gasteiger partial charge in [-0.15, -0.1) is 0 Å². The van der Waals surface area contributed by atoms with Gasteiger partial charge in [-0.05, 0) is 72.4 Å². The van der Waals surface area contributed by atoms with Crippen LogP contribution < -0.4 is 0 Å². The van der Waals surface area contributed by atoms with Gasteiger partial charge in [0.15, 0.2) is 0 Å². The van der Waals surface area contributed by atoms with Crippen molar-refractivity contribution in [1.82, 2.24) is 9.80 Å². The molecule has 288 valence electrons. The van der Waals surface area contributed by atoms with Crippen LogP contribution >= 0.6 is 0 Å². The minimum atomic E-state index is -1.17. The number of likely N-dealkylation sites (tertiary alicyclic amines) is 2. The fraction of sp³-hybridized carbons (Fsp3) is 0.575. The number of carbonyl (C=O) groups excluding carboxylic acids is 5. The van der Waals surface area contributed by atoms with Crippen LogP contribution in [0.2, 0.25) is 0 Å². The van der Waals surface area contributed by atoms with Gasteiger partial charge in [0.25, 0.3) is 0 Å². The van der Waals surface area contributed by atoms with Crippen LogP contribution in [0.4, 0.5) is 9.59 Å². The van der Waals surface area contributed by atoms with Gasteiger partial charge in [0.2, 0.25) is 0 Å². The number of Topliss-reactive ketones (excluding diaryl/α,β-unsaturated/α-hetero) is 1. The van der Waals surface area contributed by atoms with Crippen LogP contribution in [0.25, 0.3) is 0 Å². The van der Waals surface area contributed by atoms with Crippen molar-refractivity contribution in [2.75, 3.05) is 26.2 Å². The highest BCUT2D eigenvalue weighted by Gasteiger charge is 2.43. The maximum atomic E-state index is 12.3. The number of benzene rings is 2. The van der Waals surface area contributed by atoms with E-state index in [0.717, 1.165) is 11.1 Å². The Balaban J connectivity index is 0.000000302. The molecule has 1 atom stereocenters. The molecular weight excluding hydrogens is 668 g/mol. The first-order valence-corrected chi connectivity index (χ1v) is 17.9. The van der Waals surface area contributed by atoms with Gasteiger partial charge in [-0.1, -0.05) is 67.6 Å². The SMILES string of the molecule is CC(C(=O)OCc1ccccc1)C1(O)CCN(C(=O)OC(C)(C)C)CC1.CC(C)(C)OC(=O)N1CCC(=O)CC1.CCC(=O)OCc1ccccc1. The van der Waals surface area contributed by atoms with Crippen LogP contribution in [0.15, 0.2) is 60.7 Å². The number of hydrogen-bond acceptors (Lipinski definition) is 10. The second kappa shape index (κ2) is 20.6. The summed E-state index contributed by atoms with van der Waals surface area (Å²) in [6, 6.07) is 19.1. The first-order valence-electron chi connectivity index (χ1n) is 17.9. The van der Waals surface area contributed by atoms with Crippen LogP contribution in [0.1, 0.15) is 98.6 Å². The molecule has 2 aromatic carbocycles. The lowest BCUT2D eigenvalue weighted by Crippen LogP contribution is -2.52. The molecule has 0 saturated carbocycles. The van der Waals surface area contributed by atoms with E-state index in [0.29, 0.717) is 64.9 Å². The molecule has 2 aromatic rings. The minimum absolute atomic E-state index is 0.154. The zero-order chi connectivity index (χ0) is 39.0. The topological polar surface area (TPSA) is 149 Å². The van der Waals surface area contributed by atoms with Gasteiger partial charge in [0.1, 0.15) is 30.2 Å². The number of hydrogen-bond donors (Lipinski definition) is 1. The zero-order valence-corrected chi connectivity index (χ0v) is 32.1. The summed E-state index contributed by atoms with van der Waals surface area (Å²) in [5, 5.41) is 10.9. The lowest BCUT2D eigenvalue weighted by atomic mass is 9.80. The van der Waals surface area contributed by atoms with Gasteiger partial charge < -0.3 is 33.9 Å². The van der Waals surface area contributed by atoms with Gasteiger partial charge in [-0.3, -0.25) is 14.4 Å². The Morgan fingerprint density at radius 1 is 0.712 bits per heavy atom. The maximum absolute atomic E-state index is 12.3. The van der Waals surface area contributed by atoms with Gasteiger partial charge in [0, 0.05) is 45.4 Å². The fourth-order valence-corrected chi connectivity index (χ4v) is 5.01. The number of ether oxygens (including phenoxy) is 4. The Labute approximate surface area is 308 Å². The molecule has 52 heavy (non-hydrogen) atoms. The normalized spacial score (nSPS) is 16.1. The molecule has 0 radical (unpaired) electrons. The lowest BCUT2D eigenvalue weighted by molar-refractivity contribution is -0.162. The van der Waals surface area contributed by atoms with Crippen molar-refractivity contribution in [1.29, 1.82) is 0 Å². The molecule has 0 aromatic heterocycles. The Morgan fingerprint density at radius 3 is 1.52 bits per heavy atom. The van der Waals surface area contributed by atoms with E-state index >= 15 is 0 Å². The van der Waals surface area contributed by atoms with Gasteiger partial charge in [-0.25, -0.2) is 9.59 Å². The number of nitrogens with zero attached hydrogens (tertiary/aromatic N) is 2. The second-order valence-corrected chi connectivity index (χ2v) is 14.9. The smallest absolute Gasteiger partial charge is 0.410 e. The standard InChI is InChI=1S/C20H29NO5.C10H17NO3.C10H12O2/c1-15(17(22)25-14-16-8-6-5-7-9-16)20(24)10-12-21(13-11-20)18(23)26-19(2,3)4;1-10(2,3)14-9(13)11-6-4-8(12)5-7-11;1-2-10(11)12-8-9-6-4-3-5-7-9/h5-9,15,24H,10-14H2,1-4H3;4-7H2,1-3H3;3-7H,2,8H2,1H3. The van der Waals surface area contributed by atoms with Crippen LogP contribution in [-0.2, 0) is 46.5 Å². The summed E-state index contributed by atoms with van der Waals surface area (Å²) in [4.78, 5) is 60.8. The summed E-state index contributed by atoms with van der Waals surface area (Å²) >= 11 is 0. The van der Waals surface area contributed by atoms with Crippen molar-refractivity contribution in [3.05, 3.63) is 71.8 Å². The number of amides is 2. The second-order valence-electron chi connectivity index (χ2n) is 14.9. The van der Waals surface area contributed by atoms with Crippen molar-refractivity contribution in [2.45, 2.75) is 118 Å². The summed E-state index contributed by atoms with van der Waals surface area (Å²) in [6.45, 7) is 16.7. The van der Waals surface area contributed by atoms with Crippen molar-refractivity contribution in [2.24, 2.45) is 5.92 Å². The maximum Gasteiger partial charge on any atom is 0.410 e. The number of rotatable bonds is 7. The van der Waals surface area contributed by atoms with Crippen molar-refractivity contribution in [3.8, 4) is 0 Å². The van der Waals surface area contributed by atoms with E-state index in [9.17, 15) is 29.1 Å². The number of esters is 2. The highest BCUT2D eigenvalue weighted by molar-refractivity contribution is 5.81. The predicted molar refractivity (Wildman–Crippen MR) is 196 cm³/mol. The Bertz CT molecular complexity index is 1420. The Morgan fingerprint density at radius 2 is 1.12 bits per heavy atom. The molecule has 2 amide bonds. The molecular formula is C40H58N2O10. The monoisotopic (exact) mass is 726 g/mol. The third kappa shape index (κ3) is 16.7. The molecule has 4 rings (SSSR count). The molecule has 0 aliphatic carbocycles. The third-order valence-electron chi connectivity index (χ3n) is 8.17. The van der Waals surface area contributed by atoms with Gasteiger partial charge in [0.05, 0.1) is 11.5 Å². The molecule has 1 unspecified atom stereocenters. The molecule has 2 aliphatic rings. The first kappa shape index (κ1) is 43.7. The molecule has 2 aliphatic heterocycles. The zero-order valence-electron chi connectivity index (χ0n) is 32.1. The van der Waals surface area contributed by atoms with E-state index in [1.54, 1.807) is 23.6 Å². The largest absolute Gasteiger partial charge is 0.461 e. The van der Waals surface area contributed by atoms with Crippen molar-refractivity contribution >= 4 is 29.9 Å². The summed E-state index contributed by atoms with van der Waals surface area (Å²) in [7, 11) is 0. The Kier molecular flexibility index (Phi) is 17.3. The van der Waals surface area contributed by atoms with Crippen LogP contribution in [0.5, 0.6) is 0 Å². The molecule has 0 spiro atoms.